The van der Waals surface area contributed by atoms with E-state index in [-0.39, 0.29) is 24.4 Å². The van der Waals surface area contributed by atoms with E-state index in [1.807, 2.05) is 38.1 Å². The number of hydrogen-bond acceptors (Lipinski definition) is 6. The number of carbonyl (C=O) groups excluding carboxylic acids is 2. The van der Waals surface area contributed by atoms with Crippen LogP contribution in [-0.4, -0.2) is 44.8 Å². The summed E-state index contributed by atoms with van der Waals surface area (Å²) in [5, 5.41) is 3.33. The smallest absolute Gasteiger partial charge is 0.313 e. The number of hydrogen-bond donors (Lipinski definition) is 1. The molecule has 0 aliphatic heterocycles. The Labute approximate surface area is 156 Å². The molecule has 0 amide bonds. The maximum atomic E-state index is 12.4. The summed E-state index contributed by atoms with van der Waals surface area (Å²) in [5.41, 5.74) is 0.281. The molecular formula is C20H31NO5. The molecule has 0 radical (unpaired) electrons. The predicted octanol–water partition coefficient (Wildman–Crippen LogP) is 2.74. The predicted molar refractivity (Wildman–Crippen MR) is 100 cm³/mol. The van der Waals surface area contributed by atoms with Gasteiger partial charge in [-0.2, -0.15) is 0 Å². The van der Waals surface area contributed by atoms with Crippen LogP contribution >= 0.6 is 0 Å². The van der Waals surface area contributed by atoms with Crippen molar-refractivity contribution in [2.45, 2.75) is 46.6 Å². The highest BCUT2D eigenvalue weighted by Crippen LogP contribution is 2.27. The molecule has 0 fully saturated rings. The third-order valence-electron chi connectivity index (χ3n) is 4.27. The summed E-state index contributed by atoms with van der Waals surface area (Å²) in [6.45, 7) is 8.40. The number of benzene rings is 1. The molecule has 146 valence electrons. The molecule has 1 rings (SSSR count). The lowest BCUT2D eigenvalue weighted by Gasteiger charge is -2.33. The molecule has 1 N–H and O–H groups in total. The first-order valence-electron chi connectivity index (χ1n) is 9.04. The van der Waals surface area contributed by atoms with Crippen LogP contribution in [0.4, 0.5) is 0 Å². The van der Waals surface area contributed by atoms with E-state index >= 15 is 0 Å². The molecule has 1 aromatic carbocycles. The fourth-order valence-electron chi connectivity index (χ4n) is 2.66. The molecule has 0 saturated heterocycles. The molecule has 0 bridgehead atoms. The van der Waals surface area contributed by atoms with Crippen molar-refractivity contribution in [2.24, 2.45) is 5.41 Å². The van der Waals surface area contributed by atoms with E-state index in [9.17, 15) is 9.59 Å². The molecule has 0 heterocycles. The topological polar surface area (TPSA) is 73.9 Å². The molecule has 1 unspecified atom stereocenters. The molecular weight excluding hydrogens is 334 g/mol. The van der Waals surface area contributed by atoms with Crippen molar-refractivity contribution in [3.8, 4) is 5.75 Å². The van der Waals surface area contributed by atoms with Crippen LogP contribution in [0.3, 0.4) is 0 Å². The molecule has 0 aromatic heterocycles. The minimum absolute atomic E-state index is 0.205. The quantitative estimate of drug-likeness (QED) is 0.608. The SMILES string of the molecule is CCOC(=O)CCNC(Cc1cccc(OC)c1)C(C)(C)C(=O)OCC. The van der Waals surface area contributed by atoms with Crippen LogP contribution in [-0.2, 0) is 25.5 Å². The monoisotopic (exact) mass is 365 g/mol. The number of ether oxygens (including phenoxy) is 3. The number of esters is 2. The van der Waals surface area contributed by atoms with Crippen molar-refractivity contribution in [3.63, 3.8) is 0 Å². The standard InChI is InChI=1S/C20H31NO5/c1-6-25-18(22)11-12-21-17(20(3,4)19(23)26-7-2)14-15-9-8-10-16(13-15)24-5/h8-10,13,17,21H,6-7,11-12,14H2,1-5H3. The van der Waals surface area contributed by atoms with Crippen LogP contribution in [0.15, 0.2) is 24.3 Å². The summed E-state index contributed by atoms with van der Waals surface area (Å²) in [4.78, 5) is 24.0. The van der Waals surface area contributed by atoms with E-state index in [2.05, 4.69) is 5.32 Å². The molecule has 1 aromatic rings. The Kier molecular flexibility index (Phi) is 9.13. The van der Waals surface area contributed by atoms with Gasteiger partial charge in [0.2, 0.25) is 0 Å². The zero-order valence-electron chi connectivity index (χ0n) is 16.5. The molecule has 0 saturated carbocycles. The first-order chi connectivity index (χ1) is 12.3. The van der Waals surface area contributed by atoms with Crippen LogP contribution in [0.5, 0.6) is 5.75 Å². The summed E-state index contributed by atoms with van der Waals surface area (Å²) >= 11 is 0. The van der Waals surface area contributed by atoms with Gasteiger partial charge in [0.25, 0.3) is 0 Å². The van der Waals surface area contributed by atoms with E-state index in [1.54, 1.807) is 21.0 Å². The Balaban J connectivity index is 2.89. The Morgan fingerprint density at radius 2 is 1.85 bits per heavy atom. The summed E-state index contributed by atoms with van der Waals surface area (Å²) in [6, 6.07) is 7.53. The second-order valence-electron chi connectivity index (χ2n) is 6.56. The lowest BCUT2D eigenvalue weighted by molar-refractivity contribution is -0.155. The molecule has 6 nitrogen and oxygen atoms in total. The molecule has 0 aliphatic carbocycles. The number of methoxy groups -OCH3 is 1. The van der Waals surface area contributed by atoms with E-state index in [4.69, 9.17) is 14.2 Å². The highest BCUT2D eigenvalue weighted by Gasteiger charge is 2.38. The number of carbonyl (C=O) groups is 2. The number of nitrogens with one attached hydrogen (secondary N) is 1. The zero-order valence-corrected chi connectivity index (χ0v) is 16.5. The Bertz CT molecular complexity index is 585. The van der Waals surface area contributed by atoms with Gasteiger partial charge in [0.1, 0.15) is 5.75 Å². The lowest BCUT2D eigenvalue weighted by atomic mass is 9.81. The molecule has 0 aliphatic rings. The van der Waals surface area contributed by atoms with Crippen LogP contribution in [0.1, 0.15) is 39.7 Å². The van der Waals surface area contributed by atoms with E-state index < -0.39 is 5.41 Å². The van der Waals surface area contributed by atoms with Crippen molar-refractivity contribution in [2.75, 3.05) is 26.9 Å². The van der Waals surface area contributed by atoms with Gasteiger partial charge in [-0.15, -0.1) is 0 Å². The molecule has 6 heteroatoms. The Hall–Kier alpha value is -2.08. The average molecular weight is 365 g/mol. The summed E-state index contributed by atoms with van der Waals surface area (Å²) < 4.78 is 15.5. The number of rotatable bonds is 11. The van der Waals surface area contributed by atoms with Crippen molar-refractivity contribution in [3.05, 3.63) is 29.8 Å². The van der Waals surface area contributed by atoms with E-state index in [0.717, 1.165) is 11.3 Å². The van der Waals surface area contributed by atoms with Gasteiger partial charge in [0, 0.05) is 12.6 Å². The normalized spacial score (nSPS) is 12.3. The van der Waals surface area contributed by atoms with Crippen molar-refractivity contribution >= 4 is 11.9 Å². The lowest BCUT2D eigenvalue weighted by Crippen LogP contribution is -2.49. The van der Waals surface area contributed by atoms with Gasteiger partial charge in [0.15, 0.2) is 0 Å². The maximum Gasteiger partial charge on any atom is 0.313 e. The van der Waals surface area contributed by atoms with Gasteiger partial charge in [-0.3, -0.25) is 9.59 Å². The fraction of sp³-hybridized carbons (Fsp3) is 0.600. The Morgan fingerprint density at radius 1 is 1.15 bits per heavy atom. The second kappa shape index (κ2) is 10.8. The first-order valence-corrected chi connectivity index (χ1v) is 9.04. The molecule has 0 spiro atoms. The van der Waals surface area contributed by atoms with Crippen LogP contribution < -0.4 is 10.1 Å². The van der Waals surface area contributed by atoms with Gasteiger partial charge < -0.3 is 19.5 Å². The molecule has 1 atom stereocenters. The van der Waals surface area contributed by atoms with E-state index in [0.29, 0.717) is 26.2 Å². The average Bonchev–Trinajstić information content (AvgIpc) is 2.61. The second-order valence-corrected chi connectivity index (χ2v) is 6.56. The van der Waals surface area contributed by atoms with Gasteiger partial charge in [-0.05, 0) is 51.8 Å². The third-order valence-corrected chi connectivity index (χ3v) is 4.27. The minimum Gasteiger partial charge on any atom is -0.497 e. The highest BCUT2D eigenvalue weighted by molar-refractivity contribution is 5.77. The van der Waals surface area contributed by atoms with Crippen LogP contribution in [0, 0.1) is 5.41 Å². The largest absolute Gasteiger partial charge is 0.497 e. The summed E-state index contributed by atoms with van der Waals surface area (Å²) in [6.07, 6.45) is 0.854. The first kappa shape index (κ1) is 22.0. The van der Waals surface area contributed by atoms with E-state index in [1.165, 1.54) is 0 Å². The van der Waals surface area contributed by atoms with Gasteiger partial charge in [-0.25, -0.2) is 0 Å². The van der Waals surface area contributed by atoms with Crippen molar-refractivity contribution < 1.29 is 23.8 Å². The van der Waals surface area contributed by atoms with Crippen LogP contribution in [0.25, 0.3) is 0 Å². The van der Waals surface area contributed by atoms with Crippen molar-refractivity contribution in [1.82, 2.24) is 5.32 Å². The third kappa shape index (κ3) is 6.67. The highest BCUT2D eigenvalue weighted by atomic mass is 16.5. The van der Waals surface area contributed by atoms with Crippen molar-refractivity contribution in [1.29, 1.82) is 0 Å². The summed E-state index contributed by atoms with van der Waals surface area (Å²) in [7, 11) is 1.62. The Morgan fingerprint density at radius 3 is 2.46 bits per heavy atom. The van der Waals surface area contributed by atoms with Crippen LogP contribution in [0.2, 0.25) is 0 Å². The van der Waals surface area contributed by atoms with Gasteiger partial charge >= 0.3 is 11.9 Å². The van der Waals surface area contributed by atoms with Gasteiger partial charge in [0.05, 0.1) is 32.2 Å². The fourth-order valence-corrected chi connectivity index (χ4v) is 2.66. The molecule has 26 heavy (non-hydrogen) atoms. The zero-order chi connectivity index (χ0) is 19.6. The van der Waals surface area contributed by atoms with Gasteiger partial charge in [-0.1, -0.05) is 12.1 Å². The minimum atomic E-state index is -0.756. The summed E-state index contributed by atoms with van der Waals surface area (Å²) in [5.74, 6) is 0.243. The maximum absolute atomic E-state index is 12.4.